The van der Waals surface area contributed by atoms with E-state index in [1.54, 1.807) is 30.3 Å². The van der Waals surface area contributed by atoms with Crippen molar-refractivity contribution in [3.63, 3.8) is 0 Å². The van der Waals surface area contributed by atoms with Crippen LogP contribution in [0.25, 0.3) is 17.4 Å². The van der Waals surface area contributed by atoms with Gasteiger partial charge in [-0.3, -0.25) is 9.59 Å². The summed E-state index contributed by atoms with van der Waals surface area (Å²) in [6, 6.07) is 10.2. The summed E-state index contributed by atoms with van der Waals surface area (Å²) in [6.45, 7) is 0. The number of hydrogen-bond donors (Lipinski definition) is 2. The van der Waals surface area contributed by atoms with Gasteiger partial charge in [0, 0.05) is 21.5 Å². The highest BCUT2D eigenvalue weighted by Gasteiger charge is 2.25. The zero-order chi connectivity index (χ0) is 22.8. The Hall–Kier alpha value is -3.05. The van der Waals surface area contributed by atoms with E-state index in [0.29, 0.717) is 37.7 Å². The first-order valence-corrected chi connectivity index (χ1v) is 11.4. The first-order valence-electron chi connectivity index (χ1n) is 9.80. The van der Waals surface area contributed by atoms with Crippen molar-refractivity contribution in [3.8, 4) is 17.4 Å². The Bertz CT molecular complexity index is 1300. The number of furan rings is 1. The lowest BCUT2D eigenvalue weighted by Gasteiger charge is -2.11. The van der Waals surface area contributed by atoms with Gasteiger partial charge in [0.2, 0.25) is 0 Å². The molecule has 1 aliphatic rings. The zero-order valence-electron chi connectivity index (χ0n) is 16.7. The predicted molar refractivity (Wildman–Crippen MR) is 126 cm³/mol. The number of hydrogen-bond acceptors (Lipinski definition) is 5. The Morgan fingerprint density at radius 3 is 2.72 bits per heavy atom. The fraction of sp³-hybridized carbons (Fsp3) is 0.174. The Morgan fingerprint density at radius 1 is 1.19 bits per heavy atom. The first kappa shape index (κ1) is 22.2. The van der Waals surface area contributed by atoms with E-state index in [1.807, 2.05) is 6.07 Å². The van der Waals surface area contributed by atoms with Gasteiger partial charge in [-0.15, -0.1) is 11.3 Å². The van der Waals surface area contributed by atoms with Crippen molar-refractivity contribution < 1.29 is 14.0 Å². The number of nitriles is 1. The number of nitrogens with zero attached hydrogens (tertiary/aromatic N) is 1. The molecule has 1 aromatic carbocycles. The number of carbonyl (C=O) groups is 2. The van der Waals surface area contributed by atoms with E-state index in [4.69, 9.17) is 33.4 Å². The quantitative estimate of drug-likeness (QED) is 0.349. The third-order valence-corrected chi connectivity index (χ3v) is 6.89. The number of anilines is 1. The van der Waals surface area contributed by atoms with Gasteiger partial charge in [-0.1, -0.05) is 23.2 Å². The number of fused-ring (bicyclic) bond motifs is 1. The summed E-state index contributed by atoms with van der Waals surface area (Å²) < 4.78 is 5.74. The van der Waals surface area contributed by atoms with Crippen molar-refractivity contribution in [2.75, 3.05) is 5.32 Å². The van der Waals surface area contributed by atoms with Gasteiger partial charge in [-0.05, 0) is 61.6 Å². The number of carbonyl (C=O) groups excluding carboxylic acids is 2. The summed E-state index contributed by atoms with van der Waals surface area (Å²) in [4.78, 5) is 25.9. The van der Waals surface area contributed by atoms with Crippen molar-refractivity contribution in [3.05, 3.63) is 67.7 Å². The molecular formula is C23H17Cl2N3O3S. The summed E-state index contributed by atoms with van der Waals surface area (Å²) >= 11 is 13.6. The summed E-state index contributed by atoms with van der Waals surface area (Å²) in [5.41, 5.74) is 7.23. The number of nitrogens with one attached hydrogen (secondary N) is 1. The normalized spacial score (nSPS) is 13.3. The highest BCUT2D eigenvalue weighted by molar-refractivity contribution is 7.17. The topological polar surface area (TPSA) is 109 Å². The van der Waals surface area contributed by atoms with Crippen molar-refractivity contribution in [2.24, 2.45) is 5.73 Å². The SMILES string of the molecule is N#C/C(=C\c1ccc(-c2cc(Cl)ccc2Cl)o1)C(=O)Nc1sc2c(c1C(N)=O)CCCC2. The average molecular weight is 486 g/mol. The van der Waals surface area contributed by atoms with Crippen LogP contribution in [0.4, 0.5) is 5.00 Å². The van der Waals surface area contributed by atoms with Crippen molar-refractivity contribution in [2.45, 2.75) is 25.7 Å². The Balaban J connectivity index is 1.60. The molecule has 2 heterocycles. The molecule has 0 fully saturated rings. The van der Waals surface area contributed by atoms with Gasteiger partial charge >= 0.3 is 0 Å². The van der Waals surface area contributed by atoms with E-state index in [0.717, 1.165) is 36.1 Å². The van der Waals surface area contributed by atoms with Crippen molar-refractivity contribution >= 4 is 57.4 Å². The van der Waals surface area contributed by atoms with Gasteiger partial charge in [0.15, 0.2) is 0 Å². The van der Waals surface area contributed by atoms with Crippen LogP contribution in [0.3, 0.4) is 0 Å². The van der Waals surface area contributed by atoms with Crippen LogP contribution >= 0.6 is 34.5 Å². The Morgan fingerprint density at radius 2 is 1.97 bits per heavy atom. The lowest BCUT2D eigenvalue weighted by molar-refractivity contribution is -0.112. The molecule has 162 valence electrons. The maximum Gasteiger partial charge on any atom is 0.267 e. The largest absolute Gasteiger partial charge is 0.457 e. The van der Waals surface area contributed by atoms with Crippen LogP contribution in [0.5, 0.6) is 0 Å². The molecule has 0 saturated heterocycles. The molecule has 0 unspecified atom stereocenters. The van der Waals surface area contributed by atoms with Crippen LogP contribution in [-0.4, -0.2) is 11.8 Å². The summed E-state index contributed by atoms with van der Waals surface area (Å²) in [5.74, 6) is -0.490. The van der Waals surface area contributed by atoms with E-state index in [1.165, 1.54) is 17.4 Å². The number of amides is 2. The average Bonchev–Trinajstić information content (AvgIpc) is 3.37. The van der Waals surface area contributed by atoms with Crippen molar-refractivity contribution in [1.29, 1.82) is 5.26 Å². The van der Waals surface area contributed by atoms with Gasteiger partial charge in [0.25, 0.3) is 11.8 Å². The number of nitrogens with two attached hydrogens (primary N) is 1. The maximum atomic E-state index is 12.8. The van der Waals surface area contributed by atoms with E-state index in [9.17, 15) is 14.9 Å². The molecule has 0 bridgehead atoms. The minimum absolute atomic E-state index is 0.176. The molecule has 9 heteroatoms. The molecule has 2 aromatic heterocycles. The second-order valence-electron chi connectivity index (χ2n) is 7.23. The molecule has 4 rings (SSSR count). The second-order valence-corrected chi connectivity index (χ2v) is 9.18. The van der Waals surface area contributed by atoms with E-state index in [2.05, 4.69) is 5.32 Å². The zero-order valence-corrected chi connectivity index (χ0v) is 19.0. The lowest BCUT2D eigenvalue weighted by atomic mass is 9.95. The monoisotopic (exact) mass is 485 g/mol. The van der Waals surface area contributed by atoms with Gasteiger partial charge in [0.05, 0.1) is 10.6 Å². The van der Waals surface area contributed by atoms with Crippen LogP contribution in [-0.2, 0) is 17.6 Å². The molecule has 0 spiro atoms. The highest BCUT2D eigenvalue weighted by Crippen LogP contribution is 2.38. The fourth-order valence-corrected chi connectivity index (χ4v) is 5.31. The van der Waals surface area contributed by atoms with Gasteiger partial charge in [-0.2, -0.15) is 5.26 Å². The molecule has 6 nitrogen and oxygen atoms in total. The molecule has 3 aromatic rings. The van der Waals surface area contributed by atoms with E-state index >= 15 is 0 Å². The summed E-state index contributed by atoms with van der Waals surface area (Å²) in [5, 5.41) is 13.5. The predicted octanol–water partition coefficient (Wildman–Crippen LogP) is 5.84. The summed E-state index contributed by atoms with van der Waals surface area (Å²) in [6.07, 6.45) is 4.92. The third kappa shape index (κ3) is 4.44. The molecule has 0 saturated carbocycles. The van der Waals surface area contributed by atoms with E-state index < -0.39 is 11.8 Å². The van der Waals surface area contributed by atoms with Gasteiger partial charge in [0.1, 0.15) is 28.2 Å². The van der Waals surface area contributed by atoms with Crippen LogP contribution < -0.4 is 11.1 Å². The van der Waals surface area contributed by atoms with Crippen LogP contribution in [0.2, 0.25) is 10.0 Å². The molecule has 1 aliphatic carbocycles. The Kier molecular flexibility index (Phi) is 6.38. The molecule has 2 amide bonds. The molecule has 0 aliphatic heterocycles. The third-order valence-electron chi connectivity index (χ3n) is 5.12. The molecule has 0 atom stereocenters. The number of primary amides is 1. The van der Waals surface area contributed by atoms with Crippen LogP contribution in [0, 0.1) is 11.3 Å². The van der Waals surface area contributed by atoms with Crippen molar-refractivity contribution in [1.82, 2.24) is 0 Å². The number of halogens is 2. The van der Waals surface area contributed by atoms with Crippen LogP contribution in [0.1, 0.15) is 39.4 Å². The molecule has 0 radical (unpaired) electrons. The lowest BCUT2D eigenvalue weighted by Crippen LogP contribution is -2.19. The number of aryl methyl sites for hydroxylation is 1. The van der Waals surface area contributed by atoms with Gasteiger partial charge in [-0.25, -0.2) is 0 Å². The van der Waals surface area contributed by atoms with Gasteiger partial charge < -0.3 is 15.5 Å². The van der Waals surface area contributed by atoms with E-state index in [-0.39, 0.29) is 5.57 Å². The molecular weight excluding hydrogens is 469 g/mol. The number of rotatable bonds is 5. The Labute approximate surface area is 198 Å². The molecule has 32 heavy (non-hydrogen) atoms. The minimum Gasteiger partial charge on any atom is -0.457 e. The highest BCUT2D eigenvalue weighted by atomic mass is 35.5. The molecule has 3 N–H and O–H groups in total. The van der Waals surface area contributed by atoms with Crippen LogP contribution in [0.15, 0.2) is 40.3 Å². The standard InChI is InChI=1S/C23H17Cl2N3O3S/c24-13-5-7-17(25)16(10-13)18-8-6-14(31-18)9-12(11-26)22(30)28-23-20(21(27)29)15-3-1-2-4-19(15)32-23/h5-10H,1-4H2,(H2,27,29)(H,28,30)/b12-9+. The second kappa shape index (κ2) is 9.21. The number of benzene rings is 1. The number of thiophene rings is 1. The fourth-order valence-electron chi connectivity index (χ4n) is 3.64. The first-order chi connectivity index (χ1) is 15.4. The smallest absolute Gasteiger partial charge is 0.267 e. The maximum absolute atomic E-state index is 12.8. The minimum atomic E-state index is -0.646. The summed E-state index contributed by atoms with van der Waals surface area (Å²) in [7, 11) is 0.